The van der Waals surface area contributed by atoms with Gasteiger partial charge in [-0.15, -0.1) is 10.2 Å². The first-order chi connectivity index (χ1) is 11.7. The normalized spacial score (nSPS) is 10.8. The molecule has 1 aromatic heterocycles. The third kappa shape index (κ3) is 3.26. The number of aryl methyl sites for hydroxylation is 1. The number of hydrogen-bond donors (Lipinski definition) is 1. The summed E-state index contributed by atoms with van der Waals surface area (Å²) in [6.45, 7) is 2.90. The van der Waals surface area contributed by atoms with Gasteiger partial charge in [-0.2, -0.15) is 0 Å². The van der Waals surface area contributed by atoms with Crippen LogP contribution in [-0.2, 0) is 4.74 Å². The fourth-order valence-corrected chi connectivity index (χ4v) is 2.60. The van der Waals surface area contributed by atoms with E-state index < -0.39 is 0 Å². The fourth-order valence-electron chi connectivity index (χ4n) is 2.60. The predicted octanol–water partition coefficient (Wildman–Crippen LogP) is 2.98. The van der Waals surface area contributed by atoms with Crippen molar-refractivity contribution in [1.29, 1.82) is 0 Å². The molecular weight excluding hydrogens is 302 g/mol. The molecule has 0 saturated heterocycles. The lowest BCUT2D eigenvalue weighted by Crippen LogP contribution is -2.28. The number of carbonyl (C=O) groups excluding carboxylic acids is 1. The summed E-state index contributed by atoms with van der Waals surface area (Å²) in [5, 5.41) is 12.3. The highest BCUT2D eigenvalue weighted by Crippen LogP contribution is 2.27. The summed E-state index contributed by atoms with van der Waals surface area (Å²) >= 11 is 0. The van der Waals surface area contributed by atoms with Crippen molar-refractivity contribution in [1.82, 2.24) is 15.5 Å². The van der Waals surface area contributed by atoms with E-state index in [0.717, 1.165) is 16.5 Å². The van der Waals surface area contributed by atoms with Crippen LogP contribution in [0.2, 0.25) is 0 Å². The molecule has 3 rings (SSSR count). The number of methoxy groups -OCH3 is 1. The van der Waals surface area contributed by atoms with Gasteiger partial charge in [-0.3, -0.25) is 4.79 Å². The highest BCUT2D eigenvalue weighted by atomic mass is 16.5. The molecule has 1 N–H and O–H groups in total. The lowest BCUT2D eigenvalue weighted by atomic mass is 10.00. The van der Waals surface area contributed by atoms with Gasteiger partial charge in [-0.25, -0.2) is 0 Å². The Kier molecular flexibility index (Phi) is 4.82. The van der Waals surface area contributed by atoms with E-state index in [9.17, 15) is 4.79 Å². The van der Waals surface area contributed by atoms with Crippen molar-refractivity contribution in [2.75, 3.05) is 20.3 Å². The van der Waals surface area contributed by atoms with Crippen LogP contribution in [0.25, 0.3) is 22.2 Å². The zero-order valence-electron chi connectivity index (χ0n) is 13.7. The summed E-state index contributed by atoms with van der Waals surface area (Å²) in [7, 11) is 1.61. The number of carbonyl (C=O) groups is 1. The van der Waals surface area contributed by atoms with Crippen LogP contribution in [0.4, 0.5) is 0 Å². The van der Waals surface area contributed by atoms with Gasteiger partial charge in [-0.05, 0) is 19.1 Å². The van der Waals surface area contributed by atoms with Gasteiger partial charge in [-0.1, -0.05) is 42.0 Å². The number of benzene rings is 2. The molecule has 24 heavy (non-hydrogen) atoms. The Labute approximate surface area is 140 Å². The quantitative estimate of drug-likeness (QED) is 0.734. The van der Waals surface area contributed by atoms with Crippen molar-refractivity contribution in [2.24, 2.45) is 0 Å². The Hall–Kier alpha value is -2.79. The fraction of sp³-hybridized carbons (Fsp3) is 0.211. The standard InChI is InChI=1S/C19H19N3O2/c1-13-8-9-16-15(12-13)17(19(23)20-10-11-24-2)18(22-21-16)14-6-4-3-5-7-14/h3-9,12H,10-11H2,1-2H3,(H,20,23). The topological polar surface area (TPSA) is 64.1 Å². The van der Waals surface area contributed by atoms with Gasteiger partial charge >= 0.3 is 0 Å². The number of nitrogens with zero attached hydrogens (tertiary/aromatic N) is 2. The molecule has 0 aliphatic rings. The number of ether oxygens (including phenoxy) is 1. The first kappa shape index (κ1) is 16.1. The second kappa shape index (κ2) is 7.19. The largest absolute Gasteiger partial charge is 0.383 e. The smallest absolute Gasteiger partial charge is 0.254 e. The molecule has 1 heterocycles. The third-order valence-corrected chi connectivity index (χ3v) is 3.78. The van der Waals surface area contributed by atoms with Crippen molar-refractivity contribution in [3.05, 3.63) is 59.7 Å². The van der Waals surface area contributed by atoms with E-state index in [1.807, 2.05) is 55.5 Å². The van der Waals surface area contributed by atoms with E-state index in [0.29, 0.717) is 29.9 Å². The average Bonchev–Trinajstić information content (AvgIpc) is 2.61. The maximum atomic E-state index is 12.8. The molecule has 122 valence electrons. The molecule has 5 heteroatoms. The second-order valence-corrected chi connectivity index (χ2v) is 5.56. The Balaban J connectivity index is 2.16. The number of aromatic nitrogens is 2. The van der Waals surface area contributed by atoms with Crippen molar-refractivity contribution < 1.29 is 9.53 Å². The van der Waals surface area contributed by atoms with Crippen LogP contribution in [0.3, 0.4) is 0 Å². The molecule has 5 nitrogen and oxygen atoms in total. The maximum Gasteiger partial charge on any atom is 0.254 e. The Morgan fingerprint density at radius 1 is 1.12 bits per heavy atom. The lowest BCUT2D eigenvalue weighted by Gasteiger charge is -2.12. The molecule has 0 bridgehead atoms. The molecule has 2 aromatic carbocycles. The highest BCUT2D eigenvalue weighted by molar-refractivity contribution is 6.10. The molecule has 0 radical (unpaired) electrons. The Bertz CT molecular complexity index is 863. The summed E-state index contributed by atoms with van der Waals surface area (Å²) in [5.74, 6) is -0.170. The monoisotopic (exact) mass is 321 g/mol. The molecule has 0 unspecified atom stereocenters. The van der Waals surface area contributed by atoms with Gasteiger partial charge in [0, 0.05) is 24.6 Å². The number of nitrogens with one attached hydrogen (secondary N) is 1. The molecule has 0 fully saturated rings. The SMILES string of the molecule is COCCNC(=O)c1c(-c2ccccc2)nnc2ccc(C)cc12. The maximum absolute atomic E-state index is 12.8. The van der Waals surface area contributed by atoms with Crippen LogP contribution in [0.1, 0.15) is 15.9 Å². The van der Waals surface area contributed by atoms with E-state index in [4.69, 9.17) is 4.74 Å². The van der Waals surface area contributed by atoms with Crippen LogP contribution in [0.15, 0.2) is 48.5 Å². The molecule has 1 amide bonds. The van der Waals surface area contributed by atoms with Crippen LogP contribution in [-0.4, -0.2) is 36.4 Å². The van der Waals surface area contributed by atoms with Crippen LogP contribution in [0.5, 0.6) is 0 Å². The van der Waals surface area contributed by atoms with Crippen molar-refractivity contribution in [2.45, 2.75) is 6.92 Å². The van der Waals surface area contributed by atoms with Crippen LogP contribution >= 0.6 is 0 Å². The van der Waals surface area contributed by atoms with Crippen molar-refractivity contribution in [3.8, 4) is 11.3 Å². The van der Waals surface area contributed by atoms with E-state index in [1.165, 1.54) is 0 Å². The summed E-state index contributed by atoms with van der Waals surface area (Å²) in [4.78, 5) is 12.8. The minimum absolute atomic E-state index is 0.170. The summed E-state index contributed by atoms with van der Waals surface area (Å²) in [6, 6.07) is 15.5. The van der Waals surface area contributed by atoms with E-state index in [2.05, 4.69) is 15.5 Å². The first-order valence-corrected chi connectivity index (χ1v) is 7.80. The number of hydrogen-bond acceptors (Lipinski definition) is 4. The predicted molar refractivity (Wildman–Crippen MR) is 93.9 cm³/mol. The van der Waals surface area contributed by atoms with Gasteiger partial charge in [0.05, 0.1) is 17.7 Å². The molecule has 0 saturated carbocycles. The third-order valence-electron chi connectivity index (χ3n) is 3.78. The van der Waals surface area contributed by atoms with E-state index in [1.54, 1.807) is 7.11 Å². The van der Waals surface area contributed by atoms with Crippen LogP contribution < -0.4 is 5.32 Å². The van der Waals surface area contributed by atoms with Crippen LogP contribution in [0, 0.1) is 6.92 Å². The molecule has 0 aliphatic carbocycles. The minimum Gasteiger partial charge on any atom is -0.383 e. The Morgan fingerprint density at radius 3 is 2.67 bits per heavy atom. The molecule has 0 aliphatic heterocycles. The molecule has 0 spiro atoms. The lowest BCUT2D eigenvalue weighted by molar-refractivity contribution is 0.0939. The van der Waals surface area contributed by atoms with Crippen molar-refractivity contribution >= 4 is 16.8 Å². The molecule has 0 atom stereocenters. The summed E-state index contributed by atoms with van der Waals surface area (Å²) in [5.41, 5.74) is 3.78. The first-order valence-electron chi connectivity index (χ1n) is 7.80. The zero-order chi connectivity index (χ0) is 16.9. The number of fused-ring (bicyclic) bond motifs is 1. The van der Waals surface area contributed by atoms with Gasteiger partial charge in [0.1, 0.15) is 5.69 Å². The zero-order valence-corrected chi connectivity index (χ0v) is 13.7. The van der Waals surface area contributed by atoms with Gasteiger partial charge in [0.25, 0.3) is 5.91 Å². The van der Waals surface area contributed by atoms with E-state index in [-0.39, 0.29) is 5.91 Å². The highest BCUT2D eigenvalue weighted by Gasteiger charge is 2.19. The van der Waals surface area contributed by atoms with Gasteiger partial charge < -0.3 is 10.1 Å². The average molecular weight is 321 g/mol. The molecular formula is C19H19N3O2. The van der Waals surface area contributed by atoms with Gasteiger partial charge in [0.15, 0.2) is 0 Å². The minimum atomic E-state index is -0.170. The Morgan fingerprint density at radius 2 is 1.92 bits per heavy atom. The summed E-state index contributed by atoms with van der Waals surface area (Å²) in [6.07, 6.45) is 0. The van der Waals surface area contributed by atoms with E-state index >= 15 is 0 Å². The second-order valence-electron chi connectivity index (χ2n) is 5.56. The molecule has 3 aromatic rings. The number of amides is 1. The van der Waals surface area contributed by atoms with Gasteiger partial charge in [0.2, 0.25) is 0 Å². The summed E-state index contributed by atoms with van der Waals surface area (Å²) < 4.78 is 5.01. The van der Waals surface area contributed by atoms with Crippen molar-refractivity contribution in [3.63, 3.8) is 0 Å². The number of rotatable bonds is 5.